The van der Waals surface area contributed by atoms with E-state index in [0.717, 1.165) is 22.8 Å². The van der Waals surface area contributed by atoms with Crippen LogP contribution in [0, 0.1) is 17.5 Å². The Balaban J connectivity index is 2.51. The number of aromatic nitrogens is 1. The van der Waals surface area contributed by atoms with Crippen molar-refractivity contribution in [2.75, 3.05) is 0 Å². The number of para-hydroxylation sites is 1. The van der Waals surface area contributed by atoms with Crippen LogP contribution in [0.25, 0.3) is 16.5 Å². The molecule has 0 fully saturated rings. The van der Waals surface area contributed by atoms with Crippen LogP contribution >= 0.6 is 0 Å². The van der Waals surface area contributed by atoms with Gasteiger partial charge in [-0.2, -0.15) is 0 Å². The van der Waals surface area contributed by atoms with Crippen LogP contribution in [0.15, 0.2) is 47.3 Å². The van der Waals surface area contributed by atoms with Gasteiger partial charge in [0.05, 0.1) is 5.39 Å². The van der Waals surface area contributed by atoms with Gasteiger partial charge >= 0.3 is 0 Å². The molecule has 0 N–H and O–H groups in total. The first-order valence-corrected chi connectivity index (χ1v) is 6.82. The van der Waals surface area contributed by atoms with Gasteiger partial charge in [0.25, 0.3) is 5.56 Å². The fourth-order valence-corrected chi connectivity index (χ4v) is 2.58. The van der Waals surface area contributed by atoms with Crippen LogP contribution in [-0.4, -0.2) is 4.57 Å². The van der Waals surface area contributed by atoms with E-state index in [0.29, 0.717) is 17.5 Å². The third kappa shape index (κ3) is 2.09. The largest absolute Gasteiger partial charge is 0.275 e. The number of fused-ring (bicyclic) bond motifs is 1. The highest BCUT2D eigenvalue weighted by Crippen LogP contribution is 2.22. The van der Waals surface area contributed by atoms with E-state index in [4.69, 9.17) is 0 Å². The van der Waals surface area contributed by atoms with E-state index < -0.39 is 28.7 Å². The molecule has 0 saturated heterocycles. The molecule has 0 aliphatic heterocycles. The molecule has 0 bridgehead atoms. The van der Waals surface area contributed by atoms with Gasteiger partial charge in [-0.05, 0) is 36.1 Å². The predicted octanol–water partition coefficient (Wildman–Crippen LogP) is 3.97. The molecule has 1 heterocycles. The average Bonchev–Trinajstić information content (AvgIpc) is 2.48. The number of rotatable bonds is 2. The van der Waals surface area contributed by atoms with Crippen LogP contribution in [0.5, 0.6) is 0 Å². The van der Waals surface area contributed by atoms with Crippen molar-refractivity contribution in [3.05, 3.63) is 76.0 Å². The Morgan fingerprint density at radius 3 is 2.18 bits per heavy atom. The Labute approximate surface area is 124 Å². The lowest BCUT2D eigenvalue weighted by molar-refractivity contribution is 0.563. The summed E-state index contributed by atoms with van der Waals surface area (Å²) in [5.74, 6) is -2.45. The number of pyridine rings is 1. The summed E-state index contributed by atoms with van der Waals surface area (Å²) in [6.07, 6.45) is 0.371. The van der Waals surface area contributed by atoms with Crippen molar-refractivity contribution < 1.29 is 13.2 Å². The Morgan fingerprint density at radius 2 is 1.55 bits per heavy atom. The van der Waals surface area contributed by atoms with Crippen molar-refractivity contribution in [3.8, 4) is 5.69 Å². The third-order valence-corrected chi connectivity index (χ3v) is 3.60. The van der Waals surface area contributed by atoms with Gasteiger partial charge in [-0.3, -0.25) is 9.36 Å². The van der Waals surface area contributed by atoms with Crippen LogP contribution in [0.2, 0.25) is 0 Å². The summed E-state index contributed by atoms with van der Waals surface area (Å²) in [6, 6.07) is 9.16. The molecule has 22 heavy (non-hydrogen) atoms. The quantitative estimate of drug-likeness (QED) is 0.702. The second-order valence-corrected chi connectivity index (χ2v) is 4.90. The maximum Gasteiger partial charge on any atom is 0.266 e. The first-order valence-electron chi connectivity index (χ1n) is 6.82. The topological polar surface area (TPSA) is 22.0 Å². The molecule has 0 spiro atoms. The average molecular weight is 303 g/mol. The summed E-state index contributed by atoms with van der Waals surface area (Å²) in [7, 11) is 0. The molecule has 112 valence electrons. The molecule has 3 rings (SSSR count). The summed E-state index contributed by atoms with van der Waals surface area (Å²) in [6.45, 7) is 1.76. The summed E-state index contributed by atoms with van der Waals surface area (Å²) in [5, 5.41) is 0.234. The smallest absolute Gasteiger partial charge is 0.266 e. The molecule has 0 amide bonds. The van der Waals surface area contributed by atoms with Gasteiger partial charge in [0.15, 0.2) is 0 Å². The van der Waals surface area contributed by atoms with Crippen molar-refractivity contribution in [1.82, 2.24) is 4.57 Å². The minimum atomic E-state index is -0.868. The Kier molecular flexibility index (Phi) is 3.48. The summed E-state index contributed by atoms with van der Waals surface area (Å²) < 4.78 is 43.0. The molecule has 0 saturated carbocycles. The van der Waals surface area contributed by atoms with Gasteiger partial charge in [0, 0.05) is 5.69 Å². The van der Waals surface area contributed by atoms with Gasteiger partial charge in [0.2, 0.25) is 0 Å². The molecule has 1 aromatic heterocycles. The lowest BCUT2D eigenvalue weighted by atomic mass is 10.1. The fourth-order valence-electron chi connectivity index (χ4n) is 2.58. The molecule has 2 nitrogen and oxygen atoms in total. The zero-order valence-electron chi connectivity index (χ0n) is 11.7. The van der Waals surface area contributed by atoms with E-state index >= 15 is 0 Å². The summed E-state index contributed by atoms with van der Waals surface area (Å²) >= 11 is 0. The molecule has 0 atom stereocenters. The van der Waals surface area contributed by atoms with Gasteiger partial charge in [-0.15, -0.1) is 0 Å². The Hall–Kier alpha value is -2.56. The predicted molar refractivity (Wildman–Crippen MR) is 78.8 cm³/mol. The molecule has 5 heteroatoms. The van der Waals surface area contributed by atoms with Crippen molar-refractivity contribution in [1.29, 1.82) is 0 Å². The molecular formula is C17H12F3NO. The maximum absolute atomic E-state index is 14.0. The first kappa shape index (κ1) is 14.4. The summed E-state index contributed by atoms with van der Waals surface area (Å²) in [5.41, 5.74) is -0.835. The number of halogens is 3. The van der Waals surface area contributed by atoms with E-state index in [-0.39, 0.29) is 5.39 Å². The van der Waals surface area contributed by atoms with E-state index in [1.54, 1.807) is 19.1 Å². The lowest BCUT2D eigenvalue weighted by Crippen LogP contribution is -2.24. The highest BCUT2D eigenvalue weighted by atomic mass is 19.1. The van der Waals surface area contributed by atoms with Crippen LogP contribution in [0.4, 0.5) is 13.2 Å². The van der Waals surface area contributed by atoms with Crippen LogP contribution in [-0.2, 0) is 6.42 Å². The fraction of sp³-hybridized carbons (Fsp3) is 0.118. The van der Waals surface area contributed by atoms with Crippen molar-refractivity contribution in [2.45, 2.75) is 13.3 Å². The molecule has 3 aromatic rings. The van der Waals surface area contributed by atoms with Crippen LogP contribution in [0.3, 0.4) is 0 Å². The van der Waals surface area contributed by atoms with Crippen LogP contribution < -0.4 is 5.56 Å². The van der Waals surface area contributed by atoms with E-state index in [1.165, 1.54) is 12.1 Å². The zero-order valence-corrected chi connectivity index (χ0v) is 11.7. The van der Waals surface area contributed by atoms with Crippen molar-refractivity contribution >= 4 is 10.8 Å². The summed E-state index contributed by atoms with van der Waals surface area (Å²) in [4.78, 5) is 12.6. The van der Waals surface area contributed by atoms with Gasteiger partial charge in [-0.1, -0.05) is 25.1 Å². The lowest BCUT2D eigenvalue weighted by Gasteiger charge is -2.15. The minimum Gasteiger partial charge on any atom is -0.275 e. The van der Waals surface area contributed by atoms with E-state index in [2.05, 4.69) is 0 Å². The number of aryl methyl sites for hydroxylation is 1. The monoisotopic (exact) mass is 303 g/mol. The zero-order chi connectivity index (χ0) is 15.9. The number of nitrogens with zero attached hydrogens (tertiary/aromatic N) is 1. The molecular weight excluding hydrogens is 291 g/mol. The van der Waals surface area contributed by atoms with E-state index in [9.17, 15) is 18.0 Å². The molecule has 0 aliphatic rings. The highest BCUT2D eigenvalue weighted by Gasteiger charge is 2.18. The van der Waals surface area contributed by atoms with Crippen LogP contribution in [0.1, 0.15) is 12.6 Å². The second-order valence-electron chi connectivity index (χ2n) is 4.90. The second kappa shape index (κ2) is 5.33. The minimum absolute atomic E-state index is 0.178. The number of hydrogen-bond acceptors (Lipinski definition) is 1. The van der Waals surface area contributed by atoms with Gasteiger partial charge in [0.1, 0.15) is 23.1 Å². The SMILES string of the molecule is CCc1cc2cccc(F)c2c(=O)n1-c1c(F)cccc1F. The van der Waals surface area contributed by atoms with Gasteiger partial charge < -0.3 is 0 Å². The number of benzene rings is 2. The normalized spacial score (nSPS) is 11.1. The maximum atomic E-state index is 14.0. The van der Waals surface area contributed by atoms with Crippen molar-refractivity contribution in [3.63, 3.8) is 0 Å². The Bertz CT molecular complexity index is 911. The molecule has 2 aromatic carbocycles. The number of hydrogen-bond donors (Lipinski definition) is 0. The van der Waals surface area contributed by atoms with Gasteiger partial charge in [-0.25, -0.2) is 13.2 Å². The highest BCUT2D eigenvalue weighted by molar-refractivity contribution is 5.83. The first-order chi connectivity index (χ1) is 10.5. The standard InChI is InChI=1S/C17H12F3NO/c1-2-11-9-10-5-3-6-12(18)15(10)17(22)21(11)16-13(19)7-4-8-14(16)20/h3-9H,2H2,1H3. The molecule has 0 radical (unpaired) electrons. The van der Waals surface area contributed by atoms with E-state index in [1.807, 2.05) is 0 Å². The Morgan fingerprint density at radius 1 is 0.955 bits per heavy atom. The third-order valence-electron chi connectivity index (χ3n) is 3.60. The van der Waals surface area contributed by atoms with Crippen molar-refractivity contribution in [2.24, 2.45) is 0 Å². The molecule has 0 unspecified atom stereocenters. The molecule has 0 aliphatic carbocycles.